The number of nitrogens with one attached hydrogen (secondary N) is 2. The number of nitrogen functional groups attached to an aromatic ring is 1. The van der Waals surface area contributed by atoms with E-state index in [9.17, 15) is 14.4 Å². The van der Waals surface area contributed by atoms with Crippen LogP contribution in [0.4, 0.5) is 17.1 Å². The number of nitrogens with two attached hydrogens (primary N) is 1. The number of aromatic nitrogens is 3. The summed E-state index contributed by atoms with van der Waals surface area (Å²) in [7, 11) is 0. The van der Waals surface area contributed by atoms with E-state index in [0.717, 1.165) is 6.42 Å². The van der Waals surface area contributed by atoms with Crippen molar-refractivity contribution in [3.63, 3.8) is 0 Å². The van der Waals surface area contributed by atoms with Crippen LogP contribution in [0, 0.1) is 6.92 Å². The van der Waals surface area contributed by atoms with Crippen LogP contribution in [-0.4, -0.2) is 33.3 Å². The lowest BCUT2D eigenvalue weighted by Gasteiger charge is -2.23. The maximum absolute atomic E-state index is 13.4. The highest BCUT2D eigenvalue weighted by atomic mass is 35.5. The Morgan fingerprint density at radius 3 is 2.67 bits per heavy atom. The number of nitrogens with zero attached hydrogens (tertiary/aromatic N) is 3. The van der Waals surface area contributed by atoms with Crippen LogP contribution in [0.2, 0.25) is 5.02 Å². The van der Waals surface area contributed by atoms with Gasteiger partial charge in [-0.05, 0) is 55.8 Å². The Bertz CT molecular complexity index is 1510. The first-order valence-electron chi connectivity index (χ1n) is 10.9. The Kier molecular flexibility index (Phi) is 8.29. The van der Waals surface area contributed by atoms with Gasteiger partial charge in [-0.25, -0.2) is 9.97 Å². The molecule has 0 aliphatic carbocycles. The van der Waals surface area contributed by atoms with Crippen LogP contribution in [0.25, 0.3) is 11.0 Å². The standard InChI is InChI=1S/C25H23ClN6O3.ClH/c1-3-9-32(18-6-4-5-17(27)12-18)25(35)15-7-8-20(26)21(11-15)30-23(33)19-10-16-13-28-14(2)29-22(16)31-24(19)34;/h4-8,10-13H,3,9,27H2,1-2H3,(H,30,33)(H,28,29,31,34);1H. The second-order valence-corrected chi connectivity index (χ2v) is 8.34. The zero-order chi connectivity index (χ0) is 25.1. The Morgan fingerprint density at radius 2 is 1.94 bits per heavy atom. The van der Waals surface area contributed by atoms with Gasteiger partial charge >= 0.3 is 0 Å². The van der Waals surface area contributed by atoms with E-state index in [2.05, 4.69) is 20.3 Å². The monoisotopic (exact) mass is 526 g/mol. The quantitative estimate of drug-likeness (QED) is 0.314. The number of carbonyl (C=O) groups is 2. The molecular formula is C25H24Cl2N6O3. The van der Waals surface area contributed by atoms with Gasteiger partial charge in [0.05, 0.1) is 10.7 Å². The molecule has 186 valence electrons. The SMILES string of the molecule is CCCN(C(=O)c1ccc(Cl)c(NC(=O)c2cc3cnc(C)nc3[nH]c2=O)c1)c1cccc(N)c1.Cl. The molecule has 4 rings (SSSR count). The van der Waals surface area contributed by atoms with E-state index < -0.39 is 11.5 Å². The van der Waals surface area contributed by atoms with Gasteiger partial charge in [0, 0.05) is 35.1 Å². The van der Waals surface area contributed by atoms with Crippen molar-refractivity contribution in [2.45, 2.75) is 20.3 Å². The minimum absolute atomic E-state index is 0. The number of benzene rings is 2. The Hall–Kier alpha value is -3.95. The number of rotatable bonds is 6. The molecule has 11 heteroatoms. The average Bonchev–Trinajstić information content (AvgIpc) is 2.83. The fourth-order valence-electron chi connectivity index (χ4n) is 3.61. The number of hydrogen-bond acceptors (Lipinski definition) is 6. The molecule has 2 aromatic carbocycles. The molecule has 0 atom stereocenters. The first kappa shape index (κ1) is 26.7. The van der Waals surface area contributed by atoms with Crippen LogP contribution < -0.4 is 21.5 Å². The number of hydrogen-bond donors (Lipinski definition) is 3. The summed E-state index contributed by atoms with van der Waals surface area (Å²) in [6.07, 6.45) is 2.25. The van der Waals surface area contributed by atoms with Crippen molar-refractivity contribution in [1.82, 2.24) is 15.0 Å². The van der Waals surface area contributed by atoms with Crippen LogP contribution in [-0.2, 0) is 0 Å². The van der Waals surface area contributed by atoms with Gasteiger partial charge < -0.3 is 20.9 Å². The number of amides is 2. The molecule has 0 unspecified atom stereocenters. The van der Waals surface area contributed by atoms with Crippen LogP contribution in [0.3, 0.4) is 0 Å². The summed E-state index contributed by atoms with van der Waals surface area (Å²) in [6.45, 7) is 4.14. The number of carbonyl (C=O) groups excluding carboxylic acids is 2. The van der Waals surface area contributed by atoms with Gasteiger partial charge in [0.25, 0.3) is 17.4 Å². The minimum atomic E-state index is -0.679. The molecule has 2 aromatic heterocycles. The van der Waals surface area contributed by atoms with Gasteiger partial charge in [-0.15, -0.1) is 12.4 Å². The van der Waals surface area contributed by atoms with Crippen molar-refractivity contribution in [1.29, 1.82) is 0 Å². The van der Waals surface area contributed by atoms with Gasteiger partial charge in [-0.3, -0.25) is 14.4 Å². The van der Waals surface area contributed by atoms with Crippen LogP contribution in [0.1, 0.15) is 39.9 Å². The van der Waals surface area contributed by atoms with E-state index in [4.69, 9.17) is 17.3 Å². The maximum Gasteiger partial charge on any atom is 0.262 e. The van der Waals surface area contributed by atoms with Crippen LogP contribution in [0.5, 0.6) is 0 Å². The Balaban J connectivity index is 0.00000361. The van der Waals surface area contributed by atoms with Gasteiger partial charge in [0.2, 0.25) is 0 Å². The fraction of sp³-hybridized carbons (Fsp3) is 0.160. The third-order valence-corrected chi connectivity index (χ3v) is 5.62. The lowest BCUT2D eigenvalue weighted by molar-refractivity contribution is 0.0984. The number of halogens is 2. The van der Waals surface area contributed by atoms with E-state index in [-0.39, 0.29) is 34.6 Å². The summed E-state index contributed by atoms with van der Waals surface area (Å²) in [5.74, 6) is -0.462. The lowest BCUT2D eigenvalue weighted by Crippen LogP contribution is -2.32. The minimum Gasteiger partial charge on any atom is -0.399 e. The molecule has 0 aliphatic rings. The maximum atomic E-state index is 13.4. The topological polar surface area (TPSA) is 134 Å². The van der Waals surface area contributed by atoms with E-state index >= 15 is 0 Å². The highest BCUT2D eigenvalue weighted by Gasteiger charge is 2.20. The molecule has 9 nitrogen and oxygen atoms in total. The molecule has 0 bridgehead atoms. The highest BCUT2D eigenvalue weighted by molar-refractivity contribution is 6.34. The molecule has 0 radical (unpaired) electrons. The molecule has 0 fully saturated rings. The van der Waals surface area contributed by atoms with Crippen molar-refractivity contribution < 1.29 is 9.59 Å². The second kappa shape index (κ2) is 11.2. The lowest BCUT2D eigenvalue weighted by atomic mass is 10.1. The zero-order valence-corrected chi connectivity index (χ0v) is 21.1. The first-order valence-corrected chi connectivity index (χ1v) is 11.3. The molecule has 2 amide bonds. The van der Waals surface area contributed by atoms with E-state index in [0.29, 0.717) is 40.3 Å². The molecule has 0 saturated heterocycles. The number of H-pyrrole nitrogens is 1. The molecule has 0 aliphatic heterocycles. The van der Waals surface area contributed by atoms with Gasteiger partial charge in [-0.1, -0.05) is 24.6 Å². The zero-order valence-electron chi connectivity index (χ0n) is 19.5. The number of pyridine rings is 1. The predicted octanol–water partition coefficient (Wildman–Crippen LogP) is 4.59. The first-order chi connectivity index (χ1) is 16.8. The number of aromatic amines is 1. The summed E-state index contributed by atoms with van der Waals surface area (Å²) >= 11 is 6.30. The molecule has 4 aromatic rings. The van der Waals surface area contributed by atoms with Gasteiger partial charge in [0.15, 0.2) is 0 Å². The summed E-state index contributed by atoms with van der Waals surface area (Å²) in [5.41, 5.74) is 7.22. The molecular weight excluding hydrogens is 503 g/mol. The third kappa shape index (κ3) is 5.64. The molecule has 36 heavy (non-hydrogen) atoms. The number of fused-ring (bicyclic) bond motifs is 1. The summed E-state index contributed by atoms with van der Waals surface area (Å²) in [4.78, 5) is 51.2. The summed E-state index contributed by atoms with van der Waals surface area (Å²) in [5, 5.41) is 3.36. The van der Waals surface area contributed by atoms with E-state index in [1.165, 1.54) is 24.4 Å². The van der Waals surface area contributed by atoms with Crippen LogP contribution in [0.15, 0.2) is 59.5 Å². The number of anilines is 3. The van der Waals surface area contributed by atoms with Crippen molar-refractivity contribution in [2.75, 3.05) is 22.5 Å². The summed E-state index contributed by atoms with van der Waals surface area (Å²) in [6, 6.07) is 13.1. The Morgan fingerprint density at radius 1 is 1.17 bits per heavy atom. The second-order valence-electron chi connectivity index (χ2n) is 7.93. The summed E-state index contributed by atoms with van der Waals surface area (Å²) < 4.78 is 0. The molecule has 0 spiro atoms. The fourth-order valence-corrected chi connectivity index (χ4v) is 3.78. The number of aryl methyl sites for hydroxylation is 1. The average molecular weight is 527 g/mol. The van der Waals surface area contributed by atoms with Crippen molar-refractivity contribution >= 4 is 63.9 Å². The highest BCUT2D eigenvalue weighted by Crippen LogP contribution is 2.26. The smallest absolute Gasteiger partial charge is 0.262 e. The van der Waals surface area contributed by atoms with Crippen LogP contribution >= 0.6 is 24.0 Å². The molecule has 2 heterocycles. The van der Waals surface area contributed by atoms with E-state index in [1.54, 1.807) is 42.2 Å². The van der Waals surface area contributed by atoms with Gasteiger partial charge in [0.1, 0.15) is 17.0 Å². The Labute approximate surface area is 218 Å². The molecule has 4 N–H and O–H groups in total. The van der Waals surface area contributed by atoms with Crippen molar-refractivity contribution in [2.24, 2.45) is 0 Å². The van der Waals surface area contributed by atoms with Crippen molar-refractivity contribution in [3.8, 4) is 0 Å². The molecule has 0 saturated carbocycles. The largest absolute Gasteiger partial charge is 0.399 e. The predicted molar refractivity (Wildman–Crippen MR) is 144 cm³/mol. The van der Waals surface area contributed by atoms with E-state index in [1.807, 2.05) is 6.92 Å². The normalized spacial score (nSPS) is 10.5. The third-order valence-electron chi connectivity index (χ3n) is 5.29. The van der Waals surface area contributed by atoms with Crippen molar-refractivity contribution in [3.05, 3.63) is 87.1 Å². The van der Waals surface area contributed by atoms with Gasteiger partial charge in [-0.2, -0.15) is 0 Å².